The zero-order valence-corrected chi connectivity index (χ0v) is 15.6. The van der Waals surface area contributed by atoms with E-state index in [-0.39, 0.29) is 0 Å². The zero-order valence-electron chi connectivity index (χ0n) is 15.6. The molecule has 0 saturated heterocycles. The van der Waals surface area contributed by atoms with E-state index >= 15 is 0 Å². The van der Waals surface area contributed by atoms with E-state index in [9.17, 15) is 0 Å². The van der Waals surface area contributed by atoms with Gasteiger partial charge in [0.05, 0.1) is 38.9 Å². The lowest BCUT2D eigenvalue weighted by Gasteiger charge is -2.19. The number of nitrogens with zero attached hydrogens (tertiary/aromatic N) is 2. The Balaban J connectivity index is 2.03. The van der Waals surface area contributed by atoms with Crippen LogP contribution in [0.2, 0.25) is 0 Å². The number of hydrogen-bond donors (Lipinski definition) is 0. The lowest BCUT2D eigenvalue weighted by atomic mass is 10.2. The second-order valence-electron chi connectivity index (χ2n) is 5.65. The summed E-state index contributed by atoms with van der Waals surface area (Å²) < 4.78 is 16.3. The number of hydrogen-bond acceptors (Lipinski definition) is 5. The van der Waals surface area contributed by atoms with Gasteiger partial charge in [0.1, 0.15) is 0 Å². The van der Waals surface area contributed by atoms with E-state index in [1.165, 1.54) is 0 Å². The Hall–Kier alpha value is -3.47. The molecule has 0 aliphatic carbocycles. The van der Waals surface area contributed by atoms with Crippen LogP contribution in [0.15, 0.2) is 77.9 Å². The molecule has 3 aromatic carbocycles. The Kier molecular flexibility index (Phi) is 5.94. The molecule has 3 rings (SSSR count). The highest BCUT2D eigenvalue weighted by Gasteiger charge is 2.15. The summed E-state index contributed by atoms with van der Waals surface area (Å²) in [5, 5.41) is 6.58. The van der Waals surface area contributed by atoms with Gasteiger partial charge in [-0.1, -0.05) is 36.4 Å². The molecular weight excluding hydrogens is 340 g/mol. The number of para-hydroxylation sites is 2. The molecule has 0 aliphatic heterocycles. The molecule has 138 valence electrons. The SMILES string of the molecule is COc1ccc(/C=N\N(c2ccccc2)c2ccccc2)c(OC)c1OC. The molecule has 5 heteroatoms. The Morgan fingerprint density at radius 2 is 1.22 bits per heavy atom. The third-order valence-electron chi connectivity index (χ3n) is 4.05. The number of hydrazone groups is 1. The summed E-state index contributed by atoms with van der Waals surface area (Å²) in [4.78, 5) is 0. The van der Waals surface area contributed by atoms with Gasteiger partial charge in [0, 0.05) is 5.56 Å². The van der Waals surface area contributed by atoms with E-state index in [2.05, 4.69) is 0 Å². The van der Waals surface area contributed by atoms with Gasteiger partial charge >= 0.3 is 0 Å². The summed E-state index contributed by atoms with van der Waals surface area (Å²) in [6, 6.07) is 23.7. The fourth-order valence-electron chi connectivity index (χ4n) is 2.77. The normalized spacial score (nSPS) is 10.6. The van der Waals surface area contributed by atoms with Gasteiger partial charge < -0.3 is 14.2 Å². The Labute approximate surface area is 159 Å². The van der Waals surface area contributed by atoms with Crippen molar-refractivity contribution in [2.45, 2.75) is 0 Å². The van der Waals surface area contributed by atoms with Crippen LogP contribution in [-0.2, 0) is 0 Å². The maximum atomic E-state index is 5.54. The zero-order chi connectivity index (χ0) is 19.1. The first kappa shape index (κ1) is 18.3. The number of anilines is 2. The molecule has 5 nitrogen and oxygen atoms in total. The van der Waals surface area contributed by atoms with Crippen LogP contribution in [0.4, 0.5) is 11.4 Å². The minimum Gasteiger partial charge on any atom is -0.493 e. The number of methoxy groups -OCH3 is 3. The smallest absolute Gasteiger partial charge is 0.203 e. The third kappa shape index (κ3) is 4.03. The summed E-state index contributed by atoms with van der Waals surface area (Å²) in [7, 11) is 4.78. The first-order chi connectivity index (χ1) is 13.3. The van der Waals surface area contributed by atoms with Crippen molar-refractivity contribution in [2.24, 2.45) is 5.10 Å². The summed E-state index contributed by atoms with van der Waals surface area (Å²) >= 11 is 0. The largest absolute Gasteiger partial charge is 0.493 e. The van der Waals surface area contributed by atoms with Crippen molar-refractivity contribution < 1.29 is 14.2 Å². The van der Waals surface area contributed by atoms with E-state index in [0.717, 1.165) is 16.9 Å². The van der Waals surface area contributed by atoms with E-state index in [1.807, 2.05) is 77.8 Å². The highest BCUT2D eigenvalue weighted by Crippen LogP contribution is 2.39. The average molecular weight is 362 g/mol. The summed E-state index contributed by atoms with van der Waals surface area (Å²) in [6.07, 6.45) is 1.75. The molecule has 0 unspecified atom stereocenters. The fourth-order valence-corrected chi connectivity index (χ4v) is 2.77. The minimum absolute atomic E-state index is 0.537. The third-order valence-corrected chi connectivity index (χ3v) is 4.05. The highest BCUT2D eigenvalue weighted by atomic mass is 16.5. The Morgan fingerprint density at radius 1 is 0.667 bits per heavy atom. The van der Waals surface area contributed by atoms with Crippen molar-refractivity contribution in [3.8, 4) is 17.2 Å². The van der Waals surface area contributed by atoms with Crippen LogP contribution in [-0.4, -0.2) is 27.5 Å². The molecule has 0 atom stereocenters. The van der Waals surface area contributed by atoms with Crippen molar-refractivity contribution in [1.29, 1.82) is 0 Å². The molecule has 0 amide bonds. The standard InChI is InChI=1S/C22H22N2O3/c1-25-20-15-14-17(21(26-2)22(20)27-3)16-23-24(18-10-6-4-7-11-18)19-12-8-5-9-13-19/h4-16H,1-3H3/b23-16-. The van der Waals surface area contributed by atoms with Gasteiger partial charge in [-0.2, -0.15) is 5.10 Å². The van der Waals surface area contributed by atoms with E-state index in [1.54, 1.807) is 27.5 Å². The van der Waals surface area contributed by atoms with Crippen LogP contribution in [0.5, 0.6) is 17.2 Å². The van der Waals surface area contributed by atoms with Crippen LogP contribution < -0.4 is 19.2 Å². The molecule has 0 aromatic heterocycles. The second-order valence-corrected chi connectivity index (χ2v) is 5.65. The molecule has 0 radical (unpaired) electrons. The van der Waals surface area contributed by atoms with Gasteiger partial charge in [-0.05, 0) is 36.4 Å². The molecule has 3 aromatic rings. The average Bonchev–Trinajstić information content (AvgIpc) is 2.74. The predicted molar refractivity (Wildman–Crippen MR) is 109 cm³/mol. The van der Waals surface area contributed by atoms with Crippen LogP contribution in [0.25, 0.3) is 0 Å². The van der Waals surface area contributed by atoms with Crippen molar-refractivity contribution >= 4 is 17.6 Å². The van der Waals surface area contributed by atoms with E-state index in [4.69, 9.17) is 19.3 Å². The van der Waals surface area contributed by atoms with Crippen LogP contribution in [0.1, 0.15) is 5.56 Å². The Bertz CT molecular complexity index is 857. The minimum atomic E-state index is 0.537. The number of ether oxygens (including phenoxy) is 3. The van der Waals surface area contributed by atoms with Gasteiger partial charge in [-0.3, -0.25) is 0 Å². The second kappa shape index (κ2) is 8.76. The van der Waals surface area contributed by atoms with Gasteiger partial charge in [-0.25, -0.2) is 5.01 Å². The maximum Gasteiger partial charge on any atom is 0.203 e. The molecule has 0 N–H and O–H groups in total. The van der Waals surface area contributed by atoms with Gasteiger partial charge in [0.15, 0.2) is 11.5 Å². The monoisotopic (exact) mass is 362 g/mol. The summed E-state index contributed by atoms with van der Waals surface area (Å²) in [5.41, 5.74) is 2.70. The highest BCUT2D eigenvalue weighted by molar-refractivity contribution is 5.87. The van der Waals surface area contributed by atoms with Crippen LogP contribution in [0, 0.1) is 0 Å². The quantitative estimate of drug-likeness (QED) is 0.444. The molecule has 0 saturated carbocycles. The summed E-state index contributed by atoms with van der Waals surface area (Å²) in [5.74, 6) is 1.71. The number of rotatable bonds is 7. The van der Waals surface area contributed by atoms with E-state index in [0.29, 0.717) is 17.2 Å². The van der Waals surface area contributed by atoms with Crippen molar-refractivity contribution in [1.82, 2.24) is 0 Å². The maximum absolute atomic E-state index is 5.54. The fraction of sp³-hybridized carbons (Fsp3) is 0.136. The molecule has 0 spiro atoms. The van der Waals surface area contributed by atoms with Crippen LogP contribution >= 0.6 is 0 Å². The lowest BCUT2D eigenvalue weighted by Crippen LogP contribution is -2.09. The predicted octanol–water partition coefficient (Wildman–Crippen LogP) is 4.88. The van der Waals surface area contributed by atoms with Crippen molar-refractivity contribution in [2.75, 3.05) is 26.3 Å². The topological polar surface area (TPSA) is 43.3 Å². The van der Waals surface area contributed by atoms with Gasteiger partial charge in [0.25, 0.3) is 0 Å². The molecule has 27 heavy (non-hydrogen) atoms. The first-order valence-electron chi connectivity index (χ1n) is 8.51. The lowest BCUT2D eigenvalue weighted by molar-refractivity contribution is 0.324. The van der Waals surface area contributed by atoms with E-state index < -0.39 is 0 Å². The van der Waals surface area contributed by atoms with Gasteiger partial charge in [-0.15, -0.1) is 0 Å². The molecular formula is C22H22N2O3. The molecule has 0 aliphatic rings. The Morgan fingerprint density at radius 3 is 1.70 bits per heavy atom. The molecule has 0 bridgehead atoms. The molecule has 0 heterocycles. The van der Waals surface area contributed by atoms with Gasteiger partial charge in [0.2, 0.25) is 5.75 Å². The van der Waals surface area contributed by atoms with Crippen molar-refractivity contribution in [3.63, 3.8) is 0 Å². The first-order valence-corrected chi connectivity index (χ1v) is 8.51. The summed E-state index contributed by atoms with van der Waals surface area (Å²) in [6.45, 7) is 0. The van der Waals surface area contributed by atoms with Crippen molar-refractivity contribution in [3.05, 3.63) is 78.4 Å². The molecule has 0 fully saturated rings. The van der Waals surface area contributed by atoms with Crippen LogP contribution in [0.3, 0.4) is 0 Å². The number of benzene rings is 3.